The minimum atomic E-state index is -0.374. The highest BCUT2D eigenvalue weighted by atomic mass is 16.5. The number of amides is 2. The standard InChI is InChI=1S/C24H26N2O5/c27-22-7-5-19(24(28)25-22)20-15-31-21-6-2-16-14-17(3-4-18(16)23(20)21)30-11-1-8-26-9-12-29-13-10-26/h2-4,6,14-15,19H,1,5,7-13H2,(H,25,27,28)/t19-/m1/s1. The van der Waals surface area contributed by atoms with Crippen LogP contribution in [0.3, 0.4) is 0 Å². The van der Waals surface area contributed by atoms with Crippen molar-refractivity contribution in [2.45, 2.75) is 25.2 Å². The SMILES string of the molecule is O=C1CC[C@H](c2coc3ccc4cc(OCCCN5CCOCC5)ccc4c23)C(=O)N1. The predicted octanol–water partition coefficient (Wildman–Crippen LogP) is 3.21. The Morgan fingerprint density at radius 1 is 1.13 bits per heavy atom. The summed E-state index contributed by atoms with van der Waals surface area (Å²) in [7, 11) is 0. The number of rotatable bonds is 6. The Morgan fingerprint density at radius 3 is 2.84 bits per heavy atom. The molecule has 2 amide bonds. The third-order valence-electron chi connectivity index (χ3n) is 6.16. The molecule has 162 valence electrons. The molecule has 2 saturated heterocycles. The molecule has 1 atom stereocenters. The van der Waals surface area contributed by atoms with E-state index in [4.69, 9.17) is 13.9 Å². The van der Waals surface area contributed by atoms with E-state index < -0.39 is 0 Å². The lowest BCUT2D eigenvalue weighted by molar-refractivity contribution is -0.134. The lowest BCUT2D eigenvalue weighted by atomic mass is 9.89. The predicted molar refractivity (Wildman–Crippen MR) is 116 cm³/mol. The fourth-order valence-corrected chi connectivity index (χ4v) is 4.51. The molecule has 2 aliphatic heterocycles. The van der Waals surface area contributed by atoms with Gasteiger partial charge in [-0.1, -0.05) is 6.07 Å². The fraction of sp³-hybridized carbons (Fsp3) is 0.417. The number of imide groups is 1. The number of benzene rings is 2. The van der Waals surface area contributed by atoms with Crippen molar-refractivity contribution >= 4 is 33.6 Å². The molecule has 0 saturated carbocycles. The smallest absolute Gasteiger partial charge is 0.234 e. The van der Waals surface area contributed by atoms with Crippen molar-refractivity contribution in [3.8, 4) is 5.75 Å². The number of carbonyl (C=O) groups is 2. The van der Waals surface area contributed by atoms with Crippen LogP contribution in [0.5, 0.6) is 5.75 Å². The second kappa shape index (κ2) is 8.69. The normalized spacial score (nSPS) is 20.3. The Balaban J connectivity index is 1.33. The third-order valence-corrected chi connectivity index (χ3v) is 6.16. The molecule has 5 rings (SSSR count). The molecule has 0 bridgehead atoms. The Hall–Kier alpha value is -2.90. The van der Waals surface area contributed by atoms with Crippen LogP contribution in [0, 0.1) is 0 Å². The topological polar surface area (TPSA) is 81.0 Å². The van der Waals surface area contributed by atoms with E-state index in [1.165, 1.54) is 0 Å². The molecule has 7 heteroatoms. The molecule has 3 aromatic rings. The van der Waals surface area contributed by atoms with Crippen LogP contribution in [0.15, 0.2) is 41.0 Å². The van der Waals surface area contributed by atoms with Gasteiger partial charge in [0.25, 0.3) is 0 Å². The van der Waals surface area contributed by atoms with Crippen LogP contribution in [-0.2, 0) is 14.3 Å². The molecular formula is C24H26N2O5. The summed E-state index contributed by atoms with van der Waals surface area (Å²) in [6.07, 6.45) is 3.47. The summed E-state index contributed by atoms with van der Waals surface area (Å²) < 4.78 is 17.1. The maximum absolute atomic E-state index is 12.4. The second-order valence-electron chi connectivity index (χ2n) is 8.17. The molecule has 2 aliphatic rings. The van der Waals surface area contributed by atoms with Crippen molar-refractivity contribution in [2.75, 3.05) is 39.5 Å². The molecule has 0 aliphatic carbocycles. The van der Waals surface area contributed by atoms with Crippen molar-refractivity contribution in [3.05, 3.63) is 42.2 Å². The van der Waals surface area contributed by atoms with Crippen LogP contribution < -0.4 is 10.1 Å². The van der Waals surface area contributed by atoms with E-state index in [9.17, 15) is 9.59 Å². The average Bonchev–Trinajstić information content (AvgIpc) is 3.21. The van der Waals surface area contributed by atoms with E-state index in [1.54, 1.807) is 6.26 Å². The average molecular weight is 422 g/mol. The van der Waals surface area contributed by atoms with E-state index in [0.717, 1.165) is 72.3 Å². The number of furan rings is 1. The number of hydrogen-bond acceptors (Lipinski definition) is 6. The van der Waals surface area contributed by atoms with Crippen LogP contribution in [0.25, 0.3) is 21.7 Å². The zero-order valence-corrected chi connectivity index (χ0v) is 17.4. The minimum Gasteiger partial charge on any atom is -0.494 e. The highest BCUT2D eigenvalue weighted by Gasteiger charge is 2.31. The maximum atomic E-state index is 12.4. The number of ether oxygens (including phenoxy) is 2. The van der Waals surface area contributed by atoms with Gasteiger partial charge in [0, 0.05) is 37.0 Å². The molecule has 0 radical (unpaired) electrons. The molecule has 3 heterocycles. The quantitative estimate of drug-likeness (QED) is 0.485. The molecule has 2 fully saturated rings. The van der Waals surface area contributed by atoms with E-state index in [-0.39, 0.29) is 17.7 Å². The Morgan fingerprint density at radius 2 is 2.00 bits per heavy atom. The van der Waals surface area contributed by atoms with Gasteiger partial charge in [0.15, 0.2) is 0 Å². The Bertz CT molecular complexity index is 1120. The van der Waals surface area contributed by atoms with E-state index in [2.05, 4.69) is 10.2 Å². The second-order valence-corrected chi connectivity index (χ2v) is 8.17. The fourth-order valence-electron chi connectivity index (χ4n) is 4.51. The first-order valence-electron chi connectivity index (χ1n) is 10.9. The number of nitrogens with one attached hydrogen (secondary N) is 1. The van der Waals surface area contributed by atoms with Gasteiger partial charge in [-0.2, -0.15) is 0 Å². The molecule has 1 N–H and O–H groups in total. The first-order chi connectivity index (χ1) is 15.2. The molecule has 7 nitrogen and oxygen atoms in total. The summed E-state index contributed by atoms with van der Waals surface area (Å²) >= 11 is 0. The highest BCUT2D eigenvalue weighted by Crippen LogP contribution is 2.37. The summed E-state index contributed by atoms with van der Waals surface area (Å²) in [6, 6.07) is 9.97. The summed E-state index contributed by atoms with van der Waals surface area (Å²) in [5.41, 5.74) is 1.58. The first-order valence-corrected chi connectivity index (χ1v) is 10.9. The van der Waals surface area contributed by atoms with Crippen molar-refractivity contribution in [2.24, 2.45) is 0 Å². The largest absolute Gasteiger partial charge is 0.494 e. The van der Waals surface area contributed by atoms with E-state index >= 15 is 0 Å². The van der Waals surface area contributed by atoms with Gasteiger partial charge < -0.3 is 13.9 Å². The van der Waals surface area contributed by atoms with Crippen molar-refractivity contribution in [3.63, 3.8) is 0 Å². The van der Waals surface area contributed by atoms with Gasteiger partial charge in [0.05, 0.1) is 32.0 Å². The van der Waals surface area contributed by atoms with Crippen LogP contribution in [0.2, 0.25) is 0 Å². The lowest BCUT2D eigenvalue weighted by Gasteiger charge is -2.26. The molecule has 0 spiro atoms. The van der Waals surface area contributed by atoms with Gasteiger partial charge in [-0.25, -0.2) is 0 Å². The third kappa shape index (κ3) is 4.16. The van der Waals surface area contributed by atoms with Gasteiger partial charge in [0.1, 0.15) is 11.3 Å². The van der Waals surface area contributed by atoms with Crippen LogP contribution in [-0.4, -0.2) is 56.2 Å². The van der Waals surface area contributed by atoms with Crippen LogP contribution in [0.4, 0.5) is 0 Å². The lowest BCUT2D eigenvalue weighted by Crippen LogP contribution is -2.39. The van der Waals surface area contributed by atoms with Gasteiger partial charge in [0.2, 0.25) is 11.8 Å². The number of fused-ring (bicyclic) bond motifs is 3. The zero-order chi connectivity index (χ0) is 21.2. The van der Waals surface area contributed by atoms with Gasteiger partial charge in [-0.15, -0.1) is 0 Å². The summed E-state index contributed by atoms with van der Waals surface area (Å²) in [6.45, 7) is 5.29. The van der Waals surface area contributed by atoms with E-state index in [0.29, 0.717) is 19.4 Å². The van der Waals surface area contributed by atoms with Crippen molar-refractivity contribution in [1.82, 2.24) is 10.2 Å². The van der Waals surface area contributed by atoms with Gasteiger partial charge >= 0.3 is 0 Å². The summed E-state index contributed by atoms with van der Waals surface area (Å²) in [5, 5.41) is 5.43. The number of hydrogen-bond donors (Lipinski definition) is 1. The Labute approximate surface area is 180 Å². The molecule has 2 aromatic carbocycles. The number of morpholine rings is 1. The maximum Gasteiger partial charge on any atom is 0.234 e. The molecule has 0 unspecified atom stereocenters. The van der Waals surface area contributed by atoms with Gasteiger partial charge in [-0.3, -0.25) is 19.8 Å². The van der Waals surface area contributed by atoms with E-state index in [1.807, 2.05) is 30.3 Å². The van der Waals surface area contributed by atoms with Crippen molar-refractivity contribution in [1.29, 1.82) is 0 Å². The number of piperidine rings is 1. The highest BCUT2D eigenvalue weighted by molar-refractivity contribution is 6.10. The van der Waals surface area contributed by atoms with Crippen molar-refractivity contribution < 1.29 is 23.5 Å². The van der Waals surface area contributed by atoms with Crippen LogP contribution >= 0.6 is 0 Å². The zero-order valence-electron chi connectivity index (χ0n) is 17.4. The first kappa shape index (κ1) is 20.0. The summed E-state index contributed by atoms with van der Waals surface area (Å²) in [4.78, 5) is 26.3. The van der Waals surface area contributed by atoms with Gasteiger partial charge in [-0.05, 0) is 47.9 Å². The minimum absolute atomic E-state index is 0.214. The molecular weight excluding hydrogens is 396 g/mol. The molecule has 1 aromatic heterocycles. The number of nitrogens with zero attached hydrogens (tertiary/aromatic N) is 1. The summed E-state index contributed by atoms with van der Waals surface area (Å²) in [5.74, 6) is -0.00830. The molecule has 31 heavy (non-hydrogen) atoms. The Kier molecular flexibility index (Phi) is 5.61. The number of carbonyl (C=O) groups excluding carboxylic acids is 2. The van der Waals surface area contributed by atoms with Crippen LogP contribution in [0.1, 0.15) is 30.7 Å². The monoisotopic (exact) mass is 422 g/mol.